The van der Waals surface area contributed by atoms with Gasteiger partial charge in [-0.2, -0.15) is 0 Å². The highest BCUT2D eigenvalue weighted by Gasteiger charge is 2.28. The molecule has 1 saturated heterocycles. The molecular formula is C23H33NO4. The van der Waals surface area contributed by atoms with Gasteiger partial charge in [-0.25, -0.2) is 4.79 Å². The average Bonchev–Trinajstić information content (AvgIpc) is 3.05. The molecule has 2 unspecified atom stereocenters. The van der Waals surface area contributed by atoms with Crippen LogP contribution in [0.25, 0.3) is 0 Å². The largest absolute Gasteiger partial charge is 0.462 e. The Morgan fingerprint density at radius 2 is 2.04 bits per heavy atom. The van der Waals surface area contributed by atoms with Crippen molar-refractivity contribution in [2.75, 3.05) is 13.2 Å². The Bertz CT molecular complexity index is 653. The third kappa shape index (κ3) is 6.79. The molecule has 0 bridgehead atoms. The smallest absolute Gasteiger partial charge is 0.338 e. The molecular weight excluding hydrogens is 354 g/mol. The molecule has 0 aliphatic carbocycles. The van der Waals surface area contributed by atoms with Gasteiger partial charge in [0.2, 0.25) is 5.91 Å². The maximum Gasteiger partial charge on any atom is 0.338 e. The number of carbonyl (C=O) groups excluding carboxylic acids is 2. The van der Waals surface area contributed by atoms with Crippen LogP contribution >= 0.6 is 0 Å². The number of benzene rings is 1. The zero-order valence-corrected chi connectivity index (χ0v) is 17.1. The summed E-state index contributed by atoms with van der Waals surface area (Å²) in [5.74, 6) is -0.148. The fourth-order valence-corrected chi connectivity index (χ4v) is 3.47. The highest BCUT2D eigenvalue weighted by Crippen LogP contribution is 2.21. The van der Waals surface area contributed by atoms with E-state index in [2.05, 4.69) is 6.92 Å². The summed E-state index contributed by atoms with van der Waals surface area (Å²) in [5.41, 5.74) is 1.62. The summed E-state index contributed by atoms with van der Waals surface area (Å²) in [5, 5.41) is 10.1. The number of nitrogens with zero attached hydrogens (tertiary/aromatic N) is 1. The van der Waals surface area contributed by atoms with Crippen LogP contribution in [-0.2, 0) is 16.0 Å². The molecule has 0 saturated carbocycles. The van der Waals surface area contributed by atoms with E-state index in [0.29, 0.717) is 25.1 Å². The van der Waals surface area contributed by atoms with E-state index in [1.165, 1.54) is 0 Å². The number of aliphatic hydroxyl groups is 1. The predicted octanol–water partition coefficient (Wildman–Crippen LogP) is 3.89. The lowest BCUT2D eigenvalue weighted by Gasteiger charge is -2.23. The number of likely N-dealkylation sites (tertiary alicyclic amines) is 1. The minimum Gasteiger partial charge on any atom is -0.462 e. The average molecular weight is 388 g/mol. The Morgan fingerprint density at radius 3 is 2.71 bits per heavy atom. The molecule has 1 aromatic rings. The third-order valence-electron chi connectivity index (χ3n) is 5.14. The fraction of sp³-hybridized carbons (Fsp3) is 0.565. The van der Waals surface area contributed by atoms with Gasteiger partial charge in [0, 0.05) is 13.0 Å². The van der Waals surface area contributed by atoms with Gasteiger partial charge in [0.15, 0.2) is 0 Å². The lowest BCUT2D eigenvalue weighted by Crippen LogP contribution is -2.33. The van der Waals surface area contributed by atoms with Gasteiger partial charge in [0.1, 0.15) is 0 Å². The summed E-state index contributed by atoms with van der Waals surface area (Å²) < 4.78 is 4.99. The summed E-state index contributed by atoms with van der Waals surface area (Å²) in [6.07, 6.45) is 9.58. The van der Waals surface area contributed by atoms with E-state index in [0.717, 1.165) is 44.1 Å². The second kappa shape index (κ2) is 11.6. The Labute approximate surface area is 168 Å². The van der Waals surface area contributed by atoms with Crippen LogP contribution < -0.4 is 0 Å². The summed E-state index contributed by atoms with van der Waals surface area (Å²) >= 11 is 0. The second-order valence-electron chi connectivity index (χ2n) is 7.31. The van der Waals surface area contributed by atoms with Crippen molar-refractivity contribution in [1.82, 2.24) is 4.90 Å². The van der Waals surface area contributed by atoms with Gasteiger partial charge < -0.3 is 14.7 Å². The highest BCUT2D eigenvalue weighted by atomic mass is 16.5. The molecule has 2 atom stereocenters. The molecule has 1 N–H and O–H groups in total. The molecule has 1 fully saturated rings. The number of ether oxygens (including phenoxy) is 1. The molecule has 2 rings (SSSR count). The maximum absolute atomic E-state index is 12.2. The van der Waals surface area contributed by atoms with Crippen molar-refractivity contribution in [3.63, 3.8) is 0 Å². The topological polar surface area (TPSA) is 66.8 Å². The van der Waals surface area contributed by atoms with Gasteiger partial charge in [-0.1, -0.05) is 50.5 Å². The van der Waals surface area contributed by atoms with E-state index in [9.17, 15) is 14.7 Å². The number of aliphatic hydroxyl groups excluding tert-OH is 1. The van der Waals surface area contributed by atoms with Crippen LogP contribution in [0.4, 0.5) is 0 Å². The van der Waals surface area contributed by atoms with Crippen LogP contribution in [0.2, 0.25) is 0 Å². The van der Waals surface area contributed by atoms with Gasteiger partial charge in [-0.3, -0.25) is 4.79 Å². The summed E-state index contributed by atoms with van der Waals surface area (Å²) in [6, 6.07) is 7.42. The van der Waals surface area contributed by atoms with Crippen molar-refractivity contribution in [3.05, 3.63) is 47.5 Å². The quantitative estimate of drug-likeness (QED) is 0.355. The van der Waals surface area contributed by atoms with Crippen molar-refractivity contribution in [2.24, 2.45) is 0 Å². The third-order valence-corrected chi connectivity index (χ3v) is 5.14. The number of esters is 1. The Balaban J connectivity index is 1.87. The van der Waals surface area contributed by atoms with Gasteiger partial charge in [0.05, 0.1) is 24.3 Å². The van der Waals surface area contributed by atoms with Crippen molar-refractivity contribution in [1.29, 1.82) is 0 Å². The van der Waals surface area contributed by atoms with Crippen LogP contribution in [0, 0.1) is 0 Å². The monoisotopic (exact) mass is 387 g/mol. The van der Waals surface area contributed by atoms with Crippen molar-refractivity contribution < 1.29 is 19.4 Å². The number of carbonyl (C=O) groups is 2. The molecule has 1 aliphatic heterocycles. The minimum absolute atomic E-state index is 0.0622. The SMILES string of the molecule is CCCCCC(O)/C=C/C1CCC(=O)N1CCc1ccc(C(=O)OCC)cc1. The van der Waals surface area contributed by atoms with E-state index in [-0.39, 0.29) is 17.9 Å². The molecule has 0 aromatic heterocycles. The molecule has 1 heterocycles. The summed E-state index contributed by atoms with van der Waals surface area (Å²) in [7, 11) is 0. The normalized spacial score (nSPS) is 18.0. The lowest BCUT2D eigenvalue weighted by molar-refractivity contribution is -0.128. The Hall–Kier alpha value is -2.14. The zero-order valence-electron chi connectivity index (χ0n) is 17.1. The second-order valence-corrected chi connectivity index (χ2v) is 7.31. The van der Waals surface area contributed by atoms with Crippen LogP contribution in [0.5, 0.6) is 0 Å². The fourth-order valence-electron chi connectivity index (χ4n) is 3.47. The van der Waals surface area contributed by atoms with E-state index < -0.39 is 6.10 Å². The van der Waals surface area contributed by atoms with Gasteiger partial charge in [-0.15, -0.1) is 0 Å². The number of hydrogen-bond donors (Lipinski definition) is 1. The highest BCUT2D eigenvalue weighted by molar-refractivity contribution is 5.89. The van der Waals surface area contributed by atoms with E-state index in [1.54, 1.807) is 19.1 Å². The van der Waals surface area contributed by atoms with Crippen LogP contribution in [-0.4, -0.2) is 47.2 Å². The van der Waals surface area contributed by atoms with Crippen molar-refractivity contribution >= 4 is 11.9 Å². The van der Waals surface area contributed by atoms with Crippen LogP contribution in [0.3, 0.4) is 0 Å². The van der Waals surface area contributed by atoms with Crippen LogP contribution in [0.1, 0.15) is 68.3 Å². The predicted molar refractivity (Wildman–Crippen MR) is 110 cm³/mol. The molecule has 28 heavy (non-hydrogen) atoms. The molecule has 154 valence electrons. The molecule has 1 amide bonds. The first-order chi connectivity index (χ1) is 13.5. The van der Waals surface area contributed by atoms with Gasteiger partial charge in [0.25, 0.3) is 0 Å². The van der Waals surface area contributed by atoms with Gasteiger partial charge in [-0.05, 0) is 43.9 Å². The van der Waals surface area contributed by atoms with Crippen molar-refractivity contribution in [2.45, 2.75) is 70.9 Å². The molecule has 1 aromatic carbocycles. The van der Waals surface area contributed by atoms with E-state index >= 15 is 0 Å². The molecule has 5 heteroatoms. The maximum atomic E-state index is 12.2. The lowest BCUT2D eigenvalue weighted by atomic mass is 10.1. The first kappa shape index (κ1) is 22.2. The number of unbranched alkanes of at least 4 members (excludes halogenated alkanes) is 2. The van der Waals surface area contributed by atoms with Crippen molar-refractivity contribution in [3.8, 4) is 0 Å². The Morgan fingerprint density at radius 1 is 1.29 bits per heavy atom. The standard InChI is InChI=1S/C23H33NO4/c1-3-5-6-7-21(25)14-12-20-13-15-22(26)24(20)17-16-18-8-10-19(11-9-18)23(27)28-4-2/h8-12,14,20-21,25H,3-7,13,15-17H2,1-2H3/b14-12+. The van der Waals surface area contributed by atoms with Gasteiger partial charge >= 0.3 is 5.97 Å². The first-order valence-electron chi connectivity index (χ1n) is 10.5. The minimum atomic E-state index is -0.431. The first-order valence-corrected chi connectivity index (χ1v) is 10.5. The number of rotatable bonds is 11. The number of amides is 1. The van der Waals surface area contributed by atoms with E-state index in [4.69, 9.17) is 4.74 Å². The summed E-state index contributed by atoms with van der Waals surface area (Å²) in [6.45, 7) is 4.93. The molecule has 0 radical (unpaired) electrons. The molecule has 5 nitrogen and oxygen atoms in total. The summed E-state index contributed by atoms with van der Waals surface area (Å²) in [4.78, 5) is 25.9. The zero-order chi connectivity index (χ0) is 20.4. The van der Waals surface area contributed by atoms with E-state index in [1.807, 2.05) is 29.2 Å². The van der Waals surface area contributed by atoms with Crippen LogP contribution in [0.15, 0.2) is 36.4 Å². The molecule has 1 aliphatic rings. The number of hydrogen-bond acceptors (Lipinski definition) is 4. The Kier molecular flexibility index (Phi) is 9.21. The molecule has 0 spiro atoms.